The van der Waals surface area contributed by atoms with Crippen LogP contribution in [0.3, 0.4) is 0 Å². The highest BCUT2D eigenvalue weighted by atomic mass is 32.2. The van der Waals surface area contributed by atoms with Gasteiger partial charge < -0.3 is 4.90 Å². The Morgan fingerprint density at radius 3 is 2.32 bits per heavy atom. The van der Waals surface area contributed by atoms with Crippen LogP contribution in [0.2, 0.25) is 0 Å². The second kappa shape index (κ2) is 10.3. The third-order valence-electron chi connectivity index (χ3n) is 2.92. The Morgan fingerprint density at radius 1 is 1.11 bits per heavy atom. The predicted molar refractivity (Wildman–Crippen MR) is 92.0 cm³/mol. The standard InChI is InChI=1S/C16H25NS2/c1-3-12-17(13-4-2)16(18)19-14-8-11-15-9-6-5-7-10-15/h5-7,9-10H,3-4,8,11-14H2,1-2H3. The fourth-order valence-electron chi connectivity index (χ4n) is 2.01. The summed E-state index contributed by atoms with van der Waals surface area (Å²) in [5, 5.41) is 0. The molecule has 3 heteroatoms. The van der Waals surface area contributed by atoms with E-state index in [2.05, 4.69) is 49.1 Å². The minimum Gasteiger partial charge on any atom is -0.358 e. The van der Waals surface area contributed by atoms with Gasteiger partial charge in [0.1, 0.15) is 4.32 Å². The smallest absolute Gasteiger partial charge is 0.136 e. The highest BCUT2D eigenvalue weighted by Crippen LogP contribution is 2.14. The Bertz CT molecular complexity index is 345. The summed E-state index contributed by atoms with van der Waals surface area (Å²) in [6.07, 6.45) is 4.69. The van der Waals surface area contributed by atoms with Crippen LogP contribution in [0.15, 0.2) is 30.3 Å². The topological polar surface area (TPSA) is 3.24 Å². The zero-order valence-corrected chi connectivity index (χ0v) is 13.7. The monoisotopic (exact) mass is 295 g/mol. The van der Waals surface area contributed by atoms with Gasteiger partial charge in [0.15, 0.2) is 0 Å². The molecule has 0 fully saturated rings. The first-order valence-corrected chi connectivity index (χ1v) is 8.63. The van der Waals surface area contributed by atoms with E-state index >= 15 is 0 Å². The highest BCUT2D eigenvalue weighted by Gasteiger charge is 2.07. The van der Waals surface area contributed by atoms with E-state index in [1.54, 1.807) is 0 Å². The van der Waals surface area contributed by atoms with Gasteiger partial charge >= 0.3 is 0 Å². The first-order valence-electron chi connectivity index (χ1n) is 7.23. The molecule has 0 saturated carbocycles. The second-order valence-electron chi connectivity index (χ2n) is 4.69. The quantitative estimate of drug-likeness (QED) is 0.503. The molecule has 0 spiro atoms. The molecule has 0 heterocycles. The molecule has 1 aromatic carbocycles. The van der Waals surface area contributed by atoms with Crippen molar-refractivity contribution in [2.24, 2.45) is 0 Å². The molecule has 106 valence electrons. The summed E-state index contributed by atoms with van der Waals surface area (Å²) >= 11 is 7.37. The third kappa shape index (κ3) is 6.98. The normalized spacial score (nSPS) is 10.4. The van der Waals surface area contributed by atoms with Gasteiger partial charge in [-0.15, -0.1) is 0 Å². The van der Waals surface area contributed by atoms with Crippen molar-refractivity contribution >= 4 is 28.3 Å². The molecule has 0 N–H and O–H groups in total. The number of thiocarbonyl (C=S) groups is 1. The molecule has 0 amide bonds. The van der Waals surface area contributed by atoms with Crippen molar-refractivity contribution in [2.75, 3.05) is 18.8 Å². The van der Waals surface area contributed by atoms with Gasteiger partial charge in [0, 0.05) is 18.8 Å². The van der Waals surface area contributed by atoms with Crippen molar-refractivity contribution in [2.45, 2.75) is 39.5 Å². The van der Waals surface area contributed by atoms with Crippen LogP contribution < -0.4 is 0 Å². The zero-order chi connectivity index (χ0) is 13.9. The summed E-state index contributed by atoms with van der Waals surface area (Å²) in [7, 11) is 0. The summed E-state index contributed by atoms with van der Waals surface area (Å²) in [5.74, 6) is 1.12. The molecule has 0 radical (unpaired) electrons. The lowest BCUT2D eigenvalue weighted by Gasteiger charge is -2.23. The molecule has 0 aliphatic rings. The Hall–Kier alpha value is -0.540. The van der Waals surface area contributed by atoms with E-state index in [1.165, 1.54) is 24.8 Å². The van der Waals surface area contributed by atoms with Crippen LogP contribution in [0.5, 0.6) is 0 Å². The lowest BCUT2D eigenvalue weighted by Crippen LogP contribution is -2.29. The summed E-state index contributed by atoms with van der Waals surface area (Å²) in [5.41, 5.74) is 1.42. The fraction of sp³-hybridized carbons (Fsp3) is 0.562. The van der Waals surface area contributed by atoms with Crippen molar-refractivity contribution in [1.82, 2.24) is 4.90 Å². The number of rotatable bonds is 8. The third-order valence-corrected chi connectivity index (χ3v) is 4.53. The number of aryl methyl sites for hydroxylation is 1. The predicted octanol–water partition coefficient (Wildman–Crippen LogP) is 4.76. The molecule has 1 aromatic rings. The average molecular weight is 296 g/mol. The lowest BCUT2D eigenvalue weighted by atomic mass is 10.1. The Kier molecular flexibility index (Phi) is 8.93. The summed E-state index contributed by atoms with van der Waals surface area (Å²) in [4.78, 5) is 2.35. The highest BCUT2D eigenvalue weighted by molar-refractivity contribution is 8.22. The maximum absolute atomic E-state index is 5.53. The summed E-state index contributed by atoms with van der Waals surface area (Å²) in [6, 6.07) is 10.7. The number of benzene rings is 1. The van der Waals surface area contributed by atoms with Gasteiger partial charge in [0.05, 0.1) is 0 Å². The zero-order valence-electron chi connectivity index (χ0n) is 12.1. The van der Waals surface area contributed by atoms with Gasteiger partial charge in [-0.1, -0.05) is 68.2 Å². The van der Waals surface area contributed by atoms with Crippen LogP contribution in [0.4, 0.5) is 0 Å². The van der Waals surface area contributed by atoms with Crippen molar-refractivity contribution in [3.05, 3.63) is 35.9 Å². The minimum absolute atomic E-state index is 1.08. The van der Waals surface area contributed by atoms with E-state index < -0.39 is 0 Å². The number of thioether (sulfide) groups is 1. The number of hydrogen-bond donors (Lipinski definition) is 0. The first-order chi connectivity index (χ1) is 9.27. The van der Waals surface area contributed by atoms with Crippen LogP contribution in [0.1, 0.15) is 38.7 Å². The van der Waals surface area contributed by atoms with E-state index in [0.717, 1.165) is 29.6 Å². The summed E-state index contributed by atoms with van der Waals surface area (Å²) in [6.45, 7) is 6.62. The van der Waals surface area contributed by atoms with Gasteiger partial charge in [-0.25, -0.2) is 0 Å². The van der Waals surface area contributed by atoms with Gasteiger partial charge in [-0.3, -0.25) is 0 Å². The van der Waals surface area contributed by atoms with Crippen LogP contribution >= 0.6 is 24.0 Å². The van der Waals surface area contributed by atoms with Crippen LogP contribution in [-0.4, -0.2) is 28.1 Å². The van der Waals surface area contributed by atoms with Crippen molar-refractivity contribution in [3.8, 4) is 0 Å². The van der Waals surface area contributed by atoms with Gasteiger partial charge in [-0.05, 0) is 31.2 Å². The van der Waals surface area contributed by atoms with E-state index in [1.807, 2.05) is 11.8 Å². The Balaban J connectivity index is 2.22. The SMILES string of the molecule is CCCN(CCC)C(=S)SCCCc1ccccc1. The maximum Gasteiger partial charge on any atom is 0.136 e. The second-order valence-corrected chi connectivity index (χ2v) is 6.42. The largest absolute Gasteiger partial charge is 0.358 e. The number of nitrogens with zero attached hydrogens (tertiary/aromatic N) is 1. The van der Waals surface area contributed by atoms with Crippen LogP contribution in [-0.2, 0) is 6.42 Å². The molecular weight excluding hydrogens is 270 g/mol. The molecule has 1 rings (SSSR count). The molecule has 0 aliphatic carbocycles. The van der Waals surface area contributed by atoms with E-state index in [0.29, 0.717) is 0 Å². The van der Waals surface area contributed by atoms with Crippen molar-refractivity contribution in [1.29, 1.82) is 0 Å². The minimum atomic E-state index is 1.08. The van der Waals surface area contributed by atoms with Crippen LogP contribution in [0, 0.1) is 0 Å². The summed E-state index contributed by atoms with van der Waals surface area (Å²) < 4.78 is 1.08. The Morgan fingerprint density at radius 2 is 1.74 bits per heavy atom. The molecule has 0 aliphatic heterocycles. The molecule has 0 saturated heterocycles. The van der Waals surface area contributed by atoms with Gasteiger partial charge in [0.25, 0.3) is 0 Å². The Labute approximate surface area is 127 Å². The molecule has 0 atom stereocenters. The van der Waals surface area contributed by atoms with E-state index in [-0.39, 0.29) is 0 Å². The lowest BCUT2D eigenvalue weighted by molar-refractivity contribution is 0.430. The van der Waals surface area contributed by atoms with E-state index in [4.69, 9.17) is 12.2 Å². The van der Waals surface area contributed by atoms with Gasteiger partial charge in [-0.2, -0.15) is 0 Å². The fourth-order valence-corrected chi connectivity index (χ4v) is 3.27. The molecule has 0 unspecified atom stereocenters. The molecule has 19 heavy (non-hydrogen) atoms. The van der Waals surface area contributed by atoms with E-state index in [9.17, 15) is 0 Å². The maximum atomic E-state index is 5.53. The number of hydrogen-bond acceptors (Lipinski definition) is 2. The first kappa shape index (κ1) is 16.5. The van der Waals surface area contributed by atoms with Crippen LogP contribution in [0.25, 0.3) is 0 Å². The van der Waals surface area contributed by atoms with Crippen molar-refractivity contribution < 1.29 is 0 Å². The van der Waals surface area contributed by atoms with Crippen molar-refractivity contribution in [3.63, 3.8) is 0 Å². The van der Waals surface area contributed by atoms with Gasteiger partial charge in [0.2, 0.25) is 0 Å². The molecule has 1 nitrogen and oxygen atoms in total. The molecule has 0 aromatic heterocycles. The average Bonchev–Trinajstić information content (AvgIpc) is 2.44. The molecular formula is C16H25NS2. The molecule has 0 bridgehead atoms.